The minimum Gasteiger partial charge on any atom is -0.323 e. The molecule has 0 bridgehead atoms. The number of hydrogen-bond acceptors (Lipinski definition) is 3. The molecular weight excluding hydrogens is 166 g/mol. The van der Waals surface area contributed by atoms with Gasteiger partial charge in [-0.2, -0.15) is 0 Å². The number of nitrogens with zero attached hydrogens (tertiary/aromatic N) is 1. The molecule has 1 aliphatic rings. The van der Waals surface area contributed by atoms with E-state index in [1.54, 1.807) is 0 Å². The lowest BCUT2D eigenvalue weighted by Crippen LogP contribution is -2.42. The molecule has 68 valence electrons. The fourth-order valence-corrected chi connectivity index (χ4v) is 1.41. The molecule has 2 rings (SSSR count). The van der Waals surface area contributed by atoms with Gasteiger partial charge < -0.3 is 5.32 Å². The molecule has 0 aromatic heterocycles. The molecule has 0 unspecified atom stereocenters. The van der Waals surface area contributed by atoms with Crippen LogP contribution in [0.3, 0.4) is 0 Å². The Morgan fingerprint density at radius 2 is 2.31 bits per heavy atom. The lowest BCUT2D eigenvalue weighted by molar-refractivity contribution is -0.115. The van der Waals surface area contributed by atoms with Gasteiger partial charge >= 0.3 is 0 Å². The van der Waals surface area contributed by atoms with Crippen molar-refractivity contribution < 1.29 is 4.79 Å². The van der Waals surface area contributed by atoms with Crippen molar-refractivity contribution in [2.45, 2.75) is 6.92 Å². The van der Waals surface area contributed by atoms with Crippen molar-refractivity contribution in [1.29, 1.82) is 0 Å². The second kappa shape index (κ2) is 2.74. The maximum Gasteiger partial charge on any atom is 0.245 e. The lowest BCUT2D eigenvalue weighted by atomic mass is 10.1. The minimum atomic E-state index is -0.0705. The number of benzene rings is 1. The van der Waals surface area contributed by atoms with E-state index < -0.39 is 0 Å². The van der Waals surface area contributed by atoms with E-state index in [2.05, 4.69) is 5.32 Å². The van der Waals surface area contributed by atoms with Gasteiger partial charge in [-0.05, 0) is 24.6 Å². The van der Waals surface area contributed by atoms with Crippen LogP contribution in [0.4, 0.5) is 11.4 Å². The van der Waals surface area contributed by atoms with E-state index in [0.29, 0.717) is 0 Å². The summed E-state index contributed by atoms with van der Waals surface area (Å²) in [6.07, 6.45) is 0. The third kappa shape index (κ3) is 1.36. The summed E-state index contributed by atoms with van der Waals surface area (Å²) < 4.78 is 0. The summed E-state index contributed by atoms with van der Waals surface area (Å²) in [6.45, 7) is 2.21. The maximum absolute atomic E-state index is 11.1. The molecule has 3 N–H and O–H groups in total. The van der Waals surface area contributed by atoms with Gasteiger partial charge in [0, 0.05) is 0 Å². The van der Waals surface area contributed by atoms with Gasteiger partial charge in [0.15, 0.2) is 0 Å². The normalized spacial score (nSPS) is 15.2. The summed E-state index contributed by atoms with van der Waals surface area (Å²) in [5.74, 6) is 5.61. The van der Waals surface area contributed by atoms with Crippen LogP contribution in [-0.2, 0) is 4.79 Å². The van der Waals surface area contributed by atoms with Gasteiger partial charge in [0.05, 0.1) is 11.4 Å². The van der Waals surface area contributed by atoms with Crippen molar-refractivity contribution in [3.05, 3.63) is 23.8 Å². The summed E-state index contributed by atoms with van der Waals surface area (Å²) >= 11 is 0. The molecule has 0 spiro atoms. The molecule has 0 saturated carbocycles. The first kappa shape index (κ1) is 8.07. The van der Waals surface area contributed by atoms with E-state index in [9.17, 15) is 4.79 Å². The Balaban J connectivity index is 2.49. The molecule has 1 aromatic carbocycles. The molecule has 13 heavy (non-hydrogen) atoms. The fourth-order valence-electron chi connectivity index (χ4n) is 1.41. The quantitative estimate of drug-likeness (QED) is 0.571. The summed E-state index contributed by atoms with van der Waals surface area (Å²) in [4.78, 5) is 11.1. The number of anilines is 2. The number of hydrogen-bond donors (Lipinski definition) is 2. The third-order valence-corrected chi connectivity index (χ3v) is 2.05. The largest absolute Gasteiger partial charge is 0.323 e. The zero-order valence-electron chi connectivity index (χ0n) is 7.37. The SMILES string of the molecule is Cc1ccc2c(c1)N(N)CC(=O)N2. The Hall–Kier alpha value is -1.55. The summed E-state index contributed by atoms with van der Waals surface area (Å²) in [7, 11) is 0. The van der Waals surface area contributed by atoms with Gasteiger partial charge in [0.1, 0.15) is 6.54 Å². The number of amides is 1. The van der Waals surface area contributed by atoms with Gasteiger partial charge in [0.25, 0.3) is 0 Å². The van der Waals surface area contributed by atoms with E-state index in [1.807, 2.05) is 25.1 Å². The van der Waals surface area contributed by atoms with Crippen LogP contribution >= 0.6 is 0 Å². The van der Waals surface area contributed by atoms with Crippen LogP contribution in [0, 0.1) is 6.92 Å². The van der Waals surface area contributed by atoms with Crippen molar-refractivity contribution in [1.82, 2.24) is 0 Å². The van der Waals surface area contributed by atoms with E-state index in [-0.39, 0.29) is 12.5 Å². The number of fused-ring (bicyclic) bond motifs is 1. The zero-order chi connectivity index (χ0) is 9.42. The molecule has 4 heteroatoms. The fraction of sp³-hybridized carbons (Fsp3) is 0.222. The Kier molecular flexibility index (Phi) is 1.70. The highest BCUT2D eigenvalue weighted by Crippen LogP contribution is 2.27. The molecule has 1 aliphatic heterocycles. The molecular formula is C9H11N3O. The molecule has 1 aromatic rings. The Labute approximate surface area is 76.3 Å². The number of rotatable bonds is 0. The van der Waals surface area contributed by atoms with Crippen molar-refractivity contribution >= 4 is 17.3 Å². The summed E-state index contributed by atoms with van der Waals surface area (Å²) in [5.41, 5.74) is 2.79. The number of hydrazine groups is 1. The van der Waals surface area contributed by atoms with Crippen LogP contribution in [0.5, 0.6) is 0 Å². The van der Waals surface area contributed by atoms with Gasteiger partial charge in [-0.25, -0.2) is 5.84 Å². The molecule has 0 radical (unpaired) electrons. The van der Waals surface area contributed by atoms with Crippen LogP contribution in [0.15, 0.2) is 18.2 Å². The number of carbonyl (C=O) groups is 1. The van der Waals surface area contributed by atoms with Crippen LogP contribution < -0.4 is 16.2 Å². The number of aryl methyl sites for hydroxylation is 1. The Bertz CT molecular complexity index is 362. The average Bonchev–Trinajstić information content (AvgIpc) is 2.06. The highest BCUT2D eigenvalue weighted by atomic mass is 16.2. The predicted molar refractivity (Wildman–Crippen MR) is 51.3 cm³/mol. The topological polar surface area (TPSA) is 58.4 Å². The van der Waals surface area contributed by atoms with Crippen molar-refractivity contribution in [3.63, 3.8) is 0 Å². The number of nitrogens with two attached hydrogens (primary N) is 1. The Morgan fingerprint density at radius 3 is 3.08 bits per heavy atom. The summed E-state index contributed by atoms with van der Waals surface area (Å²) in [6, 6.07) is 5.76. The van der Waals surface area contributed by atoms with Gasteiger partial charge in [-0.15, -0.1) is 0 Å². The Morgan fingerprint density at radius 1 is 1.54 bits per heavy atom. The lowest BCUT2D eigenvalue weighted by Gasteiger charge is -2.26. The molecule has 0 atom stereocenters. The highest BCUT2D eigenvalue weighted by molar-refractivity contribution is 6.00. The second-order valence-electron chi connectivity index (χ2n) is 3.20. The molecule has 0 fully saturated rings. The van der Waals surface area contributed by atoms with Crippen molar-refractivity contribution in [2.24, 2.45) is 5.84 Å². The van der Waals surface area contributed by atoms with Crippen LogP contribution in [-0.4, -0.2) is 12.5 Å². The number of carbonyl (C=O) groups excluding carboxylic acids is 1. The monoisotopic (exact) mass is 177 g/mol. The molecule has 0 saturated heterocycles. The smallest absolute Gasteiger partial charge is 0.245 e. The van der Waals surface area contributed by atoms with E-state index in [4.69, 9.17) is 5.84 Å². The maximum atomic E-state index is 11.1. The first-order valence-electron chi connectivity index (χ1n) is 4.09. The molecule has 1 amide bonds. The van der Waals surface area contributed by atoms with E-state index in [0.717, 1.165) is 16.9 Å². The molecule has 0 aliphatic carbocycles. The number of nitrogens with one attached hydrogen (secondary N) is 1. The van der Waals surface area contributed by atoms with Crippen LogP contribution in [0.25, 0.3) is 0 Å². The van der Waals surface area contributed by atoms with Gasteiger partial charge in [0.2, 0.25) is 5.91 Å². The van der Waals surface area contributed by atoms with Crippen molar-refractivity contribution in [3.8, 4) is 0 Å². The third-order valence-electron chi connectivity index (χ3n) is 2.05. The van der Waals surface area contributed by atoms with Gasteiger partial charge in [-0.3, -0.25) is 9.80 Å². The standard InChI is InChI=1S/C9H11N3O/c1-6-2-3-7-8(4-6)12(10)5-9(13)11-7/h2-4H,5,10H2,1H3,(H,11,13). The minimum absolute atomic E-state index is 0.0705. The van der Waals surface area contributed by atoms with Crippen molar-refractivity contribution in [2.75, 3.05) is 16.9 Å². The second-order valence-corrected chi connectivity index (χ2v) is 3.20. The average molecular weight is 177 g/mol. The van der Waals surface area contributed by atoms with E-state index in [1.165, 1.54) is 5.01 Å². The molecule has 1 heterocycles. The predicted octanol–water partition coefficient (Wildman–Crippen LogP) is 0.627. The van der Waals surface area contributed by atoms with Gasteiger partial charge in [-0.1, -0.05) is 6.07 Å². The van der Waals surface area contributed by atoms with E-state index >= 15 is 0 Å². The van der Waals surface area contributed by atoms with Crippen LogP contribution in [0.2, 0.25) is 0 Å². The van der Waals surface area contributed by atoms with Crippen LogP contribution in [0.1, 0.15) is 5.56 Å². The highest BCUT2D eigenvalue weighted by Gasteiger charge is 2.18. The summed E-state index contributed by atoms with van der Waals surface area (Å²) in [5, 5.41) is 4.22. The zero-order valence-corrected chi connectivity index (χ0v) is 7.37. The first-order chi connectivity index (χ1) is 6.16. The molecule has 4 nitrogen and oxygen atoms in total. The first-order valence-corrected chi connectivity index (χ1v) is 4.09.